The van der Waals surface area contributed by atoms with Crippen molar-refractivity contribution in [1.82, 2.24) is 15.3 Å². The third kappa shape index (κ3) is 2.92. The van der Waals surface area contributed by atoms with Crippen LogP contribution >= 0.6 is 0 Å². The fraction of sp³-hybridized carbons (Fsp3) is 0.125. The molecule has 3 rings (SSSR count). The van der Waals surface area contributed by atoms with E-state index in [9.17, 15) is 0 Å². The molecular formula is C16H15N3O. The maximum Gasteiger partial charge on any atom is 0.125 e. The van der Waals surface area contributed by atoms with Gasteiger partial charge in [-0.3, -0.25) is 15.3 Å². The largest absolute Gasteiger partial charge is 0.467 e. The van der Waals surface area contributed by atoms with Crippen LogP contribution in [0.1, 0.15) is 23.1 Å². The van der Waals surface area contributed by atoms with Gasteiger partial charge in [0.1, 0.15) is 5.76 Å². The second-order valence-corrected chi connectivity index (χ2v) is 4.44. The maximum absolute atomic E-state index is 5.54. The molecule has 0 spiro atoms. The Kier molecular flexibility index (Phi) is 3.85. The Morgan fingerprint density at radius 3 is 2.65 bits per heavy atom. The summed E-state index contributed by atoms with van der Waals surface area (Å²) in [6, 6.07) is 14.1. The van der Waals surface area contributed by atoms with E-state index in [2.05, 4.69) is 27.4 Å². The third-order valence-electron chi connectivity index (χ3n) is 3.06. The smallest absolute Gasteiger partial charge is 0.125 e. The van der Waals surface area contributed by atoms with Gasteiger partial charge in [-0.1, -0.05) is 30.3 Å². The van der Waals surface area contributed by atoms with Gasteiger partial charge < -0.3 is 4.42 Å². The summed E-state index contributed by atoms with van der Waals surface area (Å²) in [6.07, 6.45) is 6.82. The lowest BCUT2D eigenvalue weighted by atomic mass is 10.0. The first-order chi connectivity index (χ1) is 9.93. The quantitative estimate of drug-likeness (QED) is 0.770. The van der Waals surface area contributed by atoms with Crippen molar-refractivity contribution in [3.63, 3.8) is 0 Å². The predicted molar refractivity (Wildman–Crippen MR) is 75.9 cm³/mol. The molecule has 0 fully saturated rings. The van der Waals surface area contributed by atoms with E-state index >= 15 is 0 Å². The van der Waals surface area contributed by atoms with Crippen molar-refractivity contribution in [3.8, 4) is 0 Å². The van der Waals surface area contributed by atoms with Crippen LogP contribution in [0.3, 0.4) is 0 Å². The fourth-order valence-electron chi connectivity index (χ4n) is 2.11. The van der Waals surface area contributed by atoms with Gasteiger partial charge >= 0.3 is 0 Å². The second-order valence-electron chi connectivity index (χ2n) is 4.44. The second kappa shape index (κ2) is 6.12. The number of nitrogens with one attached hydrogen (secondary N) is 1. The van der Waals surface area contributed by atoms with E-state index in [0.29, 0.717) is 6.54 Å². The summed E-state index contributed by atoms with van der Waals surface area (Å²) in [5.74, 6) is 0.889. The molecule has 4 nitrogen and oxygen atoms in total. The number of furan rings is 1. The first kappa shape index (κ1) is 12.6. The van der Waals surface area contributed by atoms with Gasteiger partial charge in [0.2, 0.25) is 0 Å². The van der Waals surface area contributed by atoms with E-state index in [1.807, 2.05) is 30.3 Å². The highest BCUT2D eigenvalue weighted by atomic mass is 16.3. The number of benzene rings is 1. The zero-order valence-corrected chi connectivity index (χ0v) is 10.9. The van der Waals surface area contributed by atoms with E-state index in [1.165, 1.54) is 0 Å². The van der Waals surface area contributed by atoms with Crippen LogP contribution in [-0.4, -0.2) is 9.97 Å². The van der Waals surface area contributed by atoms with E-state index in [0.717, 1.165) is 17.0 Å². The van der Waals surface area contributed by atoms with Crippen molar-refractivity contribution in [2.45, 2.75) is 12.6 Å². The van der Waals surface area contributed by atoms with Gasteiger partial charge in [0.15, 0.2) is 0 Å². The number of hydrogen-bond acceptors (Lipinski definition) is 4. The zero-order valence-electron chi connectivity index (χ0n) is 10.9. The van der Waals surface area contributed by atoms with Gasteiger partial charge in [0.05, 0.1) is 18.0 Å². The Hall–Kier alpha value is -2.46. The lowest BCUT2D eigenvalue weighted by Crippen LogP contribution is -2.22. The number of hydrogen-bond donors (Lipinski definition) is 1. The van der Waals surface area contributed by atoms with Crippen LogP contribution in [0.15, 0.2) is 71.7 Å². The zero-order chi connectivity index (χ0) is 13.6. The van der Waals surface area contributed by atoms with Crippen molar-refractivity contribution < 1.29 is 4.42 Å². The van der Waals surface area contributed by atoms with E-state index in [4.69, 9.17) is 4.42 Å². The van der Waals surface area contributed by atoms with Gasteiger partial charge in [0, 0.05) is 25.1 Å². The predicted octanol–water partition coefficient (Wildman–Crippen LogP) is 2.95. The molecule has 100 valence electrons. The molecule has 0 saturated carbocycles. The lowest BCUT2D eigenvalue weighted by molar-refractivity contribution is 0.444. The average molecular weight is 265 g/mol. The Labute approximate surface area is 117 Å². The maximum atomic E-state index is 5.54. The minimum absolute atomic E-state index is 0.00760. The molecule has 0 bridgehead atoms. The summed E-state index contributed by atoms with van der Waals surface area (Å²) in [6.45, 7) is 0.633. The molecule has 3 aromatic rings. The van der Waals surface area contributed by atoms with Gasteiger partial charge in [-0.15, -0.1) is 0 Å². The monoisotopic (exact) mass is 265 g/mol. The van der Waals surface area contributed by atoms with Crippen LogP contribution in [0.2, 0.25) is 0 Å². The number of aromatic nitrogens is 2. The van der Waals surface area contributed by atoms with Crippen LogP contribution < -0.4 is 5.32 Å². The molecule has 0 aliphatic carbocycles. The van der Waals surface area contributed by atoms with Crippen LogP contribution in [0.4, 0.5) is 0 Å². The molecule has 0 aliphatic rings. The first-order valence-electron chi connectivity index (χ1n) is 6.50. The molecular weight excluding hydrogens is 250 g/mol. The summed E-state index contributed by atoms with van der Waals surface area (Å²) < 4.78 is 5.54. The highest BCUT2D eigenvalue weighted by Gasteiger charge is 2.16. The molecule has 1 unspecified atom stereocenters. The molecule has 0 saturated heterocycles. The summed E-state index contributed by atoms with van der Waals surface area (Å²) in [7, 11) is 0. The van der Waals surface area contributed by atoms with Gasteiger partial charge in [0.25, 0.3) is 0 Å². The Balaban J connectivity index is 1.80. The van der Waals surface area contributed by atoms with E-state index in [1.54, 1.807) is 24.9 Å². The molecule has 0 aliphatic heterocycles. The van der Waals surface area contributed by atoms with Crippen LogP contribution in [0.5, 0.6) is 0 Å². The Bertz CT molecular complexity index is 623. The molecule has 1 aromatic carbocycles. The molecule has 2 heterocycles. The first-order valence-corrected chi connectivity index (χ1v) is 6.50. The van der Waals surface area contributed by atoms with Crippen LogP contribution in [-0.2, 0) is 6.54 Å². The van der Waals surface area contributed by atoms with E-state index < -0.39 is 0 Å². The fourth-order valence-corrected chi connectivity index (χ4v) is 2.11. The summed E-state index contributed by atoms with van der Waals surface area (Å²) in [4.78, 5) is 8.34. The number of nitrogens with zero attached hydrogens (tertiary/aromatic N) is 2. The summed E-state index contributed by atoms with van der Waals surface area (Å²) in [5.41, 5.74) is 2.06. The summed E-state index contributed by atoms with van der Waals surface area (Å²) in [5, 5.41) is 3.46. The molecule has 20 heavy (non-hydrogen) atoms. The Morgan fingerprint density at radius 2 is 1.95 bits per heavy atom. The SMILES string of the molecule is c1ccc(C(NCc2cnccn2)c2ccco2)cc1. The standard InChI is InChI=1S/C16H15N3O/c1-2-5-13(6-3-1)16(15-7-4-10-20-15)19-12-14-11-17-8-9-18-14/h1-11,16,19H,12H2. The topological polar surface area (TPSA) is 51.0 Å². The van der Waals surface area contributed by atoms with Crippen molar-refractivity contribution in [3.05, 3.63) is 84.3 Å². The van der Waals surface area contributed by atoms with Crippen molar-refractivity contribution in [2.75, 3.05) is 0 Å². The Morgan fingerprint density at radius 1 is 1.05 bits per heavy atom. The van der Waals surface area contributed by atoms with Gasteiger partial charge in [-0.2, -0.15) is 0 Å². The van der Waals surface area contributed by atoms with Crippen molar-refractivity contribution >= 4 is 0 Å². The van der Waals surface area contributed by atoms with Crippen LogP contribution in [0, 0.1) is 0 Å². The van der Waals surface area contributed by atoms with Crippen molar-refractivity contribution in [1.29, 1.82) is 0 Å². The van der Waals surface area contributed by atoms with Crippen LogP contribution in [0.25, 0.3) is 0 Å². The van der Waals surface area contributed by atoms with E-state index in [-0.39, 0.29) is 6.04 Å². The normalized spacial score (nSPS) is 12.2. The third-order valence-corrected chi connectivity index (χ3v) is 3.06. The molecule has 0 radical (unpaired) electrons. The molecule has 1 N–H and O–H groups in total. The lowest BCUT2D eigenvalue weighted by Gasteiger charge is -2.16. The minimum Gasteiger partial charge on any atom is -0.467 e. The molecule has 4 heteroatoms. The highest BCUT2D eigenvalue weighted by Crippen LogP contribution is 2.22. The molecule has 1 atom stereocenters. The molecule has 2 aromatic heterocycles. The number of rotatable bonds is 5. The molecule has 0 amide bonds. The van der Waals surface area contributed by atoms with Crippen molar-refractivity contribution in [2.24, 2.45) is 0 Å². The van der Waals surface area contributed by atoms with Gasteiger partial charge in [-0.05, 0) is 17.7 Å². The summed E-state index contributed by atoms with van der Waals surface area (Å²) >= 11 is 0. The highest BCUT2D eigenvalue weighted by molar-refractivity contribution is 5.26. The minimum atomic E-state index is 0.00760. The van der Waals surface area contributed by atoms with Gasteiger partial charge in [-0.25, -0.2) is 0 Å². The average Bonchev–Trinajstić information content (AvgIpc) is 3.04.